The molecular formula is C21H21F3N6O2. The largest absolute Gasteiger partial charge is 0.408 e. The van der Waals surface area contributed by atoms with Gasteiger partial charge in [0.15, 0.2) is 0 Å². The van der Waals surface area contributed by atoms with Crippen LogP contribution in [0.1, 0.15) is 35.2 Å². The van der Waals surface area contributed by atoms with Crippen LogP contribution >= 0.6 is 0 Å². The Morgan fingerprint density at radius 3 is 2.75 bits per heavy atom. The standard InChI is InChI=1S/C21H21F3N6O2/c1-12-9-25-17(28-20(32)14-10-26-27-11-14)8-15(12)13-6-18(29-19(31)7-13)30-5-3-2-4-16(30)21(22,23)24/h6-11,16H,2-5H2,1H3,(H,26,27)(H,29,31)(H,25,28,32)/t16-/m1/s1. The first kappa shape index (κ1) is 21.6. The molecule has 11 heteroatoms. The van der Waals surface area contributed by atoms with Gasteiger partial charge in [-0.15, -0.1) is 0 Å². The Morgan fingerprint density at radius 2 is 2.03 bits per heavy atom. The lowest BCUT2D eigenvalue weighted by molar-refractivity contribution is -0.152. The molecule has 32 heavy (non-hydrogen) atoms. The summed E-state index contributed by atoms with van der Waals surface area (Å²) >= 11 is 0. The van der Waals surface area contributed by atoms with Gasteiger partial charge in [-0.05, 0) is 55.0 Å². The number of pyridine rings is 2. The van der Waals surface area contributed by atoms with Crippen LogP contribution < -0.4 is 15.8 Å². The number of carbonyl (C=O) groups is 1. The number of anilines is 2. The SMILES string of the molecule is Cc1cnc(NC(=O)c2cn[nH]c2)cc1-c1cc(N2CCCC[C@@H]2C(F)(F)F)[nH]c(=O)c1. The molecule has 0 saturated carbocycles. The highest BCUT2D eigenvalue weighted by molar-refractivity contribution is 6.03. The minimum Gasteiger partial charge on any atom is -0.346 e. The number of nitrogens with one attached hydrogen (secondary N) is 3. The molecule has 168 valence electrons. The highest BCUT2D eigenvalue weighted by Crippen LogP contribution is 2.35. The van der Waals surface area contributed by atoms with E-state index in [-0.39, 0.29) is 24.6 Å². The summed E-state index contributed by atoms with van der Waals surface area (Å²) in [5.41, 5.74) is 1.53. The first-order valence-electron chi connectivity index (χ1n) is 10.1. The summed E-state index contributed by atoms with van der Waals surface area (Å²) in [6, 6.07) is 2.80. The number of hydrogen-bond acceptors (Lipinski definition) is 5. The molecular weight excluding hydrogens is 425 g/mol. The Labute approximate surface area is 180 Å². The van der Waals surface area contributed by atoms with E-state index < -0.39 is 23.7 Å². The number of aromatic nitrogens is 4. The van der Waals surface area contributed by atoms with Crippen molar-refractivity contribution < 1.29 is 18.0 Å². The van der Waals surface area contributed by atoms with Gasteiger partial charge in [-0.3, -0.25) is 14.7 Å². The quantitative estimate of drug-likeness (QED) is 0.567. The van der Waals surface area contributed by atoms with E-state index in [1.54, 1.807) is 13.0 Å². The van der Waals surface area contributed by atoms with Crippen molar-refractivity contribution in [1.82, 2.24) is 20.2 Å². The molecule has 1 aliphatic rings. The second-order valence-corrected chi connectivity index (χ2v) is 7.69. The van der Waals surface area contributed by atoms with Gasteiger partial charge in [0, 0.05) is 25.0 Å². The van der Waals surface area contributed by atoms with Crippen molar-refractivity contribution >= 4 is 17.5 Å². The number of aromatic amines is 2. The molecule has 1 saturated heterocycles. The minimum absolute atomic E-state index is 0.0196. The second kappa shape index (κ2) is 8.48. The molecule has 0 aliphatic carbocycles. The summed E-state index contributed by atoms with van der Waals surface area (Å²) < 4.78 is 40.7. The lowest BCUT2D eigenvalue weighted by Crippen LogP contribution is -2.49. The van der Waals surface area contributed by atoms with Crippen molar-refractivity contribution in [2.45, 2.75) is 38.4 Å². The summed E-state index contributed by atoms with van der Waals surface area (Å²) in [5, 5.41) is 8.91. The lowest BCUT2D eigenvalue weighted by Gasteiger charge is -2.38. The summed E-state index contributed by atoms with van der Waals surface area (Å²) in [7, 11) is 0. The number of nitrogens with zero attached hydrogens (tertiary/aromatic N) is 3. The Morgan fingerprint density at radius 1 is 1.22 bits per heavy atom. The third-order valence-electron chi connectivity index (χ3n) is 5.44. The molecule has 0 radical (unpaired) electrons. The van der Waals surface area contributed by atoms with E-state index >= 15 is 0 Å². The highest BCUT2D eigenvalue weighted by atomic mass is 19.4. The molecule has 1 atom stereocenters. The van der Waals surface area contributed by atoms with Crippen LogP contribution in [0, 0.1) is 6.92 Å². The van der Waals surface area contributed by atoms with Gasteiger partial charge in [0.05, 0.1) is 11.8 Å². The molecule has 0 aromatic carbocycles. The number of aryl methyl sites for hydroxylation is 1. The van der Waals surface area contributed by atoms with Crippen molar-refractivity contribution in [1.29, 1.82) is 0 Å². The van der Waals surface area contributed by atoms with Crippen molar-refractivity contribution in [3.63, 3.8) is 0 Å². The van der Waals surface area contributed by atoms with E-state index in [2.05, 4.69) is 25.5 Å². The number of alkyl halides is 3. The number of H-pyrrole nitrogens is 2. The maximum atomic E-state index is 13.6. The highest BCUT2D eigenvalue weighted by Gasteiger charge is 2.45. The number of rotatable bonds is 4. The average Bonchev–Trinajstić information content (AvgIpc) is 3.29. The van der Waals surface area contributed by atoms with Crippen molar-refractivity contribution in [3.05, 3.63) is 58.3 Å². The fourth-order valence-corrected chi connectivity index (χ4v) is 3.87. The van der Waals surface area contributed by atoms with Crippen molar-refractivity contribution in [2.24, 2.45) is 0 Å². The van der Waals surface area contributed by atoms with Gasteiger partial charge >= 0.3 is 6.18 Å². The predicted octanol–water partition coefficient (Wildman–Crippen LogP) is 3.64. The third-order valence-corrected chi connectivity index (χ3v) is 5.44. The van der Waals surface area contributed by atoms with Crippen LogP contribution in [0.2, 0.25) is 0 Å². The summed E-state index contributed by atoms with van der Waals surface area (Å²) in [6.07, 6.45) is 0.997. The third kappa shape index (κ3) is 4.51. The van der Waals surface area contributed by atoms with Gasteiger partial charge in [-0.25, -0.2) is 4.98 Å². The Balaban J connectivity index is 1.69. The normalized spacial score (nSPS) is 16.8. The van der Waals surface area contributed by atoms with Crippen LogP contribution in [-0.2, 0) is 0 Å². The maximum absolute atomic E-state index is 13.6. The van der Waals surface area contributed by atoms with Crippen molar-refractivity contribution in [2.75, 3.05) is 16.8 Å². The van der Waals surface area contributed by atoms with Crippen LogP contribution in [0.15, 0.2) is 41.6 Å². The van der Waals surface area contributed by atoms with E-state index in [9.17, 15) is 22.8 Å². The zero-order valence-corrected chi connectivity index (χ0v) is 17.2. The zero-order chi connectivity index (χ0) is 22.9. The average molecular weight is 446 g/mol. The number of hydrogen-bond donors (Lipinski definition) is 3. The van der Waals surface area contributed by atoms with Crippen LogP contribution in [0.3, 0.4) is 0 Å². The molecule has 1 amide bonds. The minimum atomic E-state index is -4.40. The molecule has 0 bridgehead atoms. The van der Waals surface area contributed by atoms with Gasteiger partial charge in [0.1, 0.15) is 17.7 Å². The Kier molecular flexibility index (Phi) is 5.72. The van der Waals surface area contributed by atoms with Gasteiger partial charge < -0.3 is 15.2 Å². The van der Waals surface area contributed by atoms with E-state index in [1.165, 1.54) is 35.6 Å². The van der Waals surface area contributed by atoms with Crippen LogP contribution in [0.5, 0.6) is 0 Å². The first-order chi connectivity index (χ1) is 15.2. The van der Waals surface area contributed by atoms with E-state index in [4.69, 9.17) is 0 Å². The molecule has 0 spiro atoms. The van der Waals surface area contributed by atoms with Gasteiger partial charge in [-0.2, -0.15) is 18.3 Å². The Hall–Kier alpha value is -3.63. The summed E-state index contributed by atoms with van der Waals surface area (Å²) in [6.45, 7) is 1.97. The molecule has 3 aromatic rings. The molecule has 1 fully saturated rings. The summed E-state index contributed by atoms with van der Waals surface area (Å²) in [5.74, 6) is -0.0616. The number of amides is 1. The van der Waals surface area contributed by atoms with Crippen LogP contribution in [0.4, 0.5) is 24.8 Å². The van der Waals surface area contributed by atoms with Gasteiger partial charge in [0.2, 0.25) is 5.56 Å². The molecule has 3 aromatic heterocycles. The van der Waals surface area contributed by atoms with E-state index in [0.29, 0.717) is 35.1 Å². The van der Waals surface area contributed by atoms with Crippen LogP contribution in [-0.4, -0.2) is 44.8 Å². The maximum Gasteiger partial charge on any atom is 0.408 e. The molecule has 4 rings (SSSR count). The van der Waals surface area contributed by atoms with Gasteiger partial charge in [0.25, 0.3) is 5.91 Å². The molecule has 3 N–H and O–H groups in total. The smallest absolute Gasteiger partial charge is 0.346 e. The number of carbonyl (C=O) groups excluding carboxylic acids is 1. The fraction of sp³-hybridized carbons (Fsp3) is 0.333. The van der Waals surface area contributed by atoms with Gasteiger partial charge in [-0.1, -0.05) is 0 Å². The monoisotopic (exact) mass is 446 g/mol. The zero-order valence-electron chi connectivity index (χ0n) is 17.2. The topological polar surface area (TPSA) is 107 Å². The van der Waals surface area contributed by atoms with Crippen LogP contribution in [0.25, 0.3) is 11.1 Å². The van der Waals surface area contributed by atoms with E-state index in [1.807, 2.05) is 0 Å². The predicted molar refractivity (Wildman–Crippen MR) is 113 cm³/mol. The second-order valence-electron chi connectivity index (χ2n) is 7.69. The Bertz CT molecular complexity index is 1170. The summed E-state index contributed by atoms with van der Waals surface area (Å²) in [4.78, 5) is 32.6. The molecule has 1 aliphatic heterocycles. The molecule has 4 heterocycles. The van der Waals surface area contributed by atoms with Crippen molar-refractivity contribution in [3.8, 4) is 11.1 Å². The number of halogens is 3. The molecule has 8 nitrogen and oxygen atoms in total. The van der Waals surface area contributed by atoms with E-state index in [0.717, 1.165) is 0 Å². The molecule has 0 unspecified atom stereocenters. The fourth-order valence-electron chi connectivity index (χ4n) is 3.87. The number of piperidine rings is 1. The first-order valence-corrected chi connectivity index (χ1v) is 10.1. The lowest BCUT2D eigenvalue weighted by atomic mass is 10.00.